The average Bonchev–Trinajstić information content (AvgIpc) is 3.33. The van der Waals surface area contributed by atoms with Crippen molar-refractivity contribution < 1.29 is 18.8 Å². The normalized spacial score (nSPS) is 33.6. The summed E-state index contributed by atoms with van der Waals surface area (Å²) in [7, 11) is 0. The Morgan fingerprint density at radius 1 is 1.03 bits per heavy atom. The molecule has 1 aromatic heterocycles. The molecule has 1 aromatic carbocycles. The number of carbonyl (C=O) groups excluding carboxylic acids is 3. The number of allylic oxidation sites excluding steroid dienone is 2. The molecule has 0 unspecified atom stereocenters. The monoisotopic (exact) mass is 388 g/mol. The van der Waals surface area contributed by atoms with Crippen LogP contribution in [0.5, 0.6) is 0 Å². The molecule has 29 heavy (non-hydrogen) atoms. The smallest absolute Gasteiger partial charge is 0.251 e. The van der Waals surface area contributed by atoms with Crippen LogP contribution in [0.2, 0.25) is 0 Å². The van der Waals surface area contributed by atoms with Gasteiger partial charge in [-0.25, -0.2) is 4.90 Å². The summed E-state index contributed by atoms with van der Waals surface area (Å²) in [6, 6.07) is 10.3. The number of hydrogen-bond acceptors (Lipinski definition) is 4. The molecule has 7 rings (SSSR count). The summed E-state index contributed by atoms with van der Waals surface area (Å²) < 4.78 is 5.23. The second-order valence-corrected chi connectivity index (χ2v) is 8.48. The van der Waals surface area contributed by atoms with E-state index in [9.17, 15) is 14.4 Å². The van der Waals surface area contributed by atoms with Crippen LogP contribution in [0.1, 0.15) is 22.5 Å². The summed E-state index contributed by atoms with van der Waals surface area (Å²) in [5, 5.41) is 2.80. The Labute approximate surface area is 167 Å². The van der Waals surface area contributed by atoms with Crippen LogP contribution in [0.3, 0.4) is 0 Å². The van der Waals surface area contributed by atoms with E-state index >= 15 is 0 Å². The van der Waals surface area contributed by atoms with Crippen molar-refractivity contribution in [2.75, 3.05) is 4.90 Å². The zero-order chi connectivity index (χ0) is 19.7. The number of hydrogen-bond donors (Lipinski definition) is 1. The molecule has 4 aliphatic carbocycles. The van der Waals surface area contributed by atoms with E-state index in [1.54, 1.807) is 42.7 Å². The lowest BCUT2D eigenvalue weighted by Gasteiger charge is -2.37. The highest BCUT2D eigenvalue weighted by atomic mass is 16.3. The van der Waals surface area contributed by atoms with E-state index in [-0.39, 0.29) is 47.9 Å². The van der Waals surface area contributed by atoms with E-state index in [1.165, 1.54) is 4.90 Å². The predicted octanol–water partition coefficient (Wildman–Crippen LogP) is 2.77. The molecule has 6 nitrogen and oxygen atoms in total. The number of furan rings is 1. The van der Waals surface area contributed by atoms with Crippen molar-refractivity contribution in [1.82, 2.24) is 5.32 Å². The molecule has 2 aromatic rings. The van der Waals surface area contributed by atoms with Crippen LogP contribution in [-0.4, -0.2) is 17.7 Å². The van der Waals surface area contributed by atoms with Crippen molar-refractivity contribution in [1.29, 1.82) is 0 Å². The summed E-state index contributed by atoms with van der Waals surface area (Å²) in [5.74, 6) is 1.20. The maximum Gasteiger partial charge on any atom is 0.251 e. The molecule has 3 fully saturated rings. The van der Waals surface area contributed by atoms with Gasteiger partial charge in [0, 0.05) is 5.56 Å². The topological polar surface area (TPSA) is 79.6 Å². The molecular weight excluding hydrogens is 368 g/mol. The first-order chi connectivity index (χ1) is 14.1. The van der Waals surface area contributed by atoms with Gasteiger partial charge in [0.1, 0.15) is 5.76 Å². The first kappa shape index (κ1) is 16.8. The molecule has 146 valence electrons. The third-order valence-corrected chi connectivity index (χ3v) is 7.03. The second kappa shape index (κ2) is 5.92. The second-order valence-electron chi connectivity index (χ2n) is 8.48. The van der Waals surface area contributed by atoms with Gasteiger partial charge >= 0.3 is 0 Å². The van der Waals surface area contributed by atoms with Crippen molar-refractivity contribution in [3.63, 3.8) is 0 Å². The fourth-order valence-electron chi connectivity index (χ4n) is 5.68. The highest BCUT2D eigenvalue weighted by Crippen LogP contribution is 2.65. The maximum absolute atomic E-state index is 13.2. The first-order valence-electron chi connectivity index (χ1n) is 10.1. The van der Waals surface area contributed by atoms with Crippen LogP contribution < -0.4 is 10.2 Å². The van der Waals surface area contributed by atoms with Crippen molar-refractivity contribution in [3.05, 3.63) is 66.1 Å². The summed E-state index contributed by atoms with van der Waals surface area (Å²) in [5.41, 5.74) is 0.890. The lowest BCUT2D eigenvalue weighted by atomic mass is 9.63. The van der Waals surface area contributed by atoms with Crippen molar-refractivity contribution in [2.24, 2.45) is 35.5 Å². The lowest BCUT2D eigenvalue weighted by molar-refractivity contribution is -0.124. The Hall–Kier alpha value is -3.15. The summed E-state index contributed by atoms with van der Waals surface area (Å²) in [6.45, 7) is 0.277. The molecule has 1 saturated heterocycles. The van der Waals surface area contributed by atoms with Gasteiger partial charge in [0.2, 0.25) is 11.8 Å². The highest BCUT2D eigenvalue weighted by Gasteiger charge is 2.67. The average molecular weight is 388 g/mol. The van der Waals surface area contributed by atoms with E-state index < -0.39 is 0 Å². The molecule has 2 bridgehead atoms. The number of benzene rings is 1. The van der Waals surface area contributed by atoms with Gasteiger partial charge in [-0.05, 0) is 60.4 Å². The third-order valence-electron chi connectivity index (χ3n) is 7.03. The Morgan fingerprint density at radius 3 is 2.41 bits per heavy atom. The SMILES string of the molecule is O=C(NCc1ccco1)c1cccc(N2C(=O)[C@@H]3[C@H]4C=C[C@H]([C@@H]5C[C@H]45)[C@@H]3C2=O)c1. The van der Waals surface area contributed by atoms with Crippen LogP contribution in [-0.2, 0) is 16.1 Å². The summed E-state index contributed by atoms with van der Waals surface area (Å²) in [6.07, 6.45) is 7.01. The van der Waals surface area contributed by atoms with Crippen LogP contribution in [0, 0.1) is 35.5 Å². The molecule has 1 aliphatic heterocycles. The minimum atomic E-state index is -0.275. The fraction of sp³-hybridized carbons (Fsp3) is 0.348. The van der Waals surface area contributed by atoms with Gasteiger partial charge < -0.3 is 9.73 Å². The number of nitrogens with one attached hydrogen (secondary N) is 1. The fourth-order valence-corrected chi connectivity index (χ4v) is 5.68. The van der Waals surface area contributed by atoms with E-state index in [0.717, 1.165) is 6.42 Å². The van der Waals surface area contributed by atoms with Gasteiger partial charge in [0.05, 0.1) is 30.3 Å². The zero-order valence-corrected chi connectivity index (χ0v) is 15.7. The van der Waals surface area contributed by atoms with Gasteiger partial charge in [-0.3, -0.25) is 14.4 Å². The third kappa shape index (κ3) is 2.38. The van der Waals surface area contributed by atoms with Gasteiger partial charge in [-0.1, -0.05) is 18.2 Å². The van der Waals surface area contributed by atoms with Gasteiger partial charge in [-0.15, -0.1) is 0 Å². The zero-order valence-electron chi connectivity index (χ0n) is 15.7. The standard InChI is InChI=1S/C23H20N2O4/c26-21(24-11-14-5-2-8-29-14)12-3-1-4-13(9-12)25-22(27)19-15-6-7-16(18-10-17(15)18)20(19)23(25)28/h1-9,15-20H,10-11H2,(H,24,26)/t15-,16+,17+,18-,19+,20-. The van der Waals surface area contributed by atoms with E-state index in [2.05, 4.69) is 17.5 Å². The van der Waals surface area contributed by atoms with Crippen molar-refractivity contribution >= 4 is 23.4 Å². The van der Waals surface area contributed by atoms with Crippen LogP contribution in [0.25, 0.3) is 0 Å². The molecule has 1 N–H and O–H groups in total. The van der Waals surface area contributed by atoms with Crippen molar-refractivity contribution in [2.45, 2.75) is 13.0 Å². The number of anilines is 1. The maximum atomic E-state index is 13.2. The minimum absolute atomic E-state index is 0.113. The van der Waals surface area contributed by atoms with Gasteiger partial charge in [-0.2, -0.15) is 0 Å². The lowest BCUT2D eigenvalue weighted by Crippen LogP contribution is -2.40. The van der Waals surface area contributed by atoms with Crippen LogP contribution in [0.4, 0.5) is 5.69 Å². The highest BCUT2D eigenvalue weighted by molar-refractivity contribution is 6.23. The molecule has 0 spiro atoms. The van der Waals surface area contributed by atoms with Crippen molar-refractivity contribution in [3.8, 4) is 0 Å². The summed E-state index contributed by atoms with van der Waals surface area (Å²) >= 11 is 0. The number of amides is 3. The van der Waals surface area contributed by atoms with Crippen LogP contribution in [0.15, 0.2) is 59.2 Å². The Balaban J connectivity index is 1.26. The molecule has 6 atom stereocenters. The number of imide groups is 1. The Morgan fingerprint density at radius 2 is 1.76 bits per heavy atom. The number of rotatable bonds is 4. The summed E-state index contributed by atoms with van der Waals surface area (Å²) in [4.78, 5) is 40.3. The molecular formula is C23H20N2O4. The molecule has 0 radical (unpaired) electrons. The molecule has 5 aliphatic rings. The molecule has 2 saturated carbocycles. The Kier molecular flexibility index (Phi) is 3.43. The molecule has 3 amide bonds. The van der Waals surface area contributed by atoms with Crippen LogP contribution >= 0.6 is 0 Å². The van der Waals surface area contributed by atoms with E-state index in [1.807, 2.05) is 0 Å². The molecule has 2 heterocycles. The number of carbonyl (C=O) groups is 3. The largest absolute Gasteiger partial charge is 0.467 e. The minimum Gasteiger partial charge on any atom is -0.467 e. The van der Waals surface area contributed by atoms with E-state index in [4.69, 9.17) is 4.42 Å². The van der Waals surface area contributed by atoms with E-state index in [0.29, 0.717) is 28.8 Å². The molecule has 6 heteroatoms. The quantitative estimate of drug-likeness (QED) is 0.645. The first-order valence-corrected chi connectivity index (χ1v) is 10.1. The van der Waals surface area contributed by atoms with Gasteiger partial charge in [0.15, 0.2) is 0 Å². The number of nitrogens with zero attached hydrogens (tertiary/aromatic N) is 1. The predicted molar refractivity (Wildman–Crippen MR) is 104 cm³/mol. The van der Waals surface area contributed by atoms with Gasteiger partial charge in [0.25, 0.3) is 5.91 Å². The Bertz CT molecular complexity index is 1020.